The maximum Gasteiger partial charge on any atom is 0 e. The molecular weight excluding hydrogens is 351 g/mol. The zero-order chi connectivity index (χ0) is 5.41. The van der Waals surface area contributed by atoms with E-state index in [0.29, 0.717) is 0 Å². The van der Waals surface area contributed by atoms with Gasteiger partial charge in [0.25, 0.3) is 0 Å². The molecule has 4 N–H and O–H groups in total. The zero-order valence-corrected chi connectivity index (χ0v) is 10.1. The molecule has 0 aromatic rings. The maximum absolute atomic E-state index is 8.46. The Morgan fingerprint density at radius 3 is 1.00 bits per heavy atom. The van der Waals surface area contributed by atoms with Crippen molar-refractivity contribution < 1.29 is 9.59 Å². The maximum atomic E-state index is 8.46. The summed E-state index contributed by atoms with van der Waals surface area (Å²) in [4.78, 5) is 16.9. The van der Waals surface area contributed by atoms with E-state index >= 15 is 0 Å². The van der Waals surface area contributed by atoms with Crippen molar-refractivity contribution in [2.24, 2.45) is 11.5 Å². The van der Waals surface area contributed by atoms with Crippen molar-refractivity contribution in [1.82, 2.24) is 0 Å². The van der Waals surface area contributed by atoms with Gasteiger partial charge in [-0.2, -0.15) is 12.8 Å². The van der Waals surface area contributed by atoms with Gasteiger partial charge in [0.05, 0.1) is 0 Å². The van der Waals surface area contributed by atoms with Crippen LogP contribution in [-0.4, -0.2) is 12.8 Å². The normalized spacial score (nSPS) is 3.43. The van der Waals surface area contributed by atoms with Crippen molar-refractivity contribution in [1.29, 1.82) is 0 Å². The van der Waals surface area contributed by atoms with Crippen molar-refractivity contribution in [2.45, 2.75) is 0 Å². The first kappa shape index (κ1) is 20.4. The van der Waals surface area contributed by atoms with Gasteiger partial charge in [-0.05, 0) is 0 Å². The van der Waals surface area contributed by atoms with E-state index in [9.17, 15) is 0 Å². The van der Waals surface area contributed by atoms with E-state index in [-0.39, 0.29) is 0 Å². The number of hydrogen-bond acceptors (Lipinski definition) is 2. The Kier molecular flexibility index (Phi) is 27500. The van der Waals surface area contributed by atoms with Crippen molar-refractivity contribution in [3.8, 4) is 0 Å². The number of rotatable bonds is 0. The number of amides is 2. The minimum absolute atomic E-state index is 0. The van der Waals surface area contributed by atoms with E-state index in [1.165, 1.54) is 0 Å². The van der Waals surface area contributed by atoms with Crippen molar-refractivity contribution in [3.63, 3.8) is 0 Å². The summed E-state index contributed by atoms with van der Waals surface area (Å²) in [6.45, 7) is 0. The Morgan fingerprint density at radius 2 is 1.00 bits per heavy atom. The van der Waals surface area contributed by atoms with Gasteiger partial charge in [-0.3, -0.25) is 0 Å². The second-order valence-electron chi connectivity index (χ2n) is 0.236. The predicted molar refractivity (Wildman–Crippen MR) is 19.8 cm³/mol. The zero-order valence-electron chi connectivity index (χ0n) is 3.68. The first-order valence-corrected chi connectivity index (χ1v) is 0.986. The van der Waals surface area contributed by atoms with Crippen LogP contribution in [0.4, 0.5) is 0 Å². The fourth-order valence-electron chi connectivity index (χ4n) is 0. The smallest absolute Gasteiger partial charge is 0 e. The molecule has 0 saturated heterocycles. The molecule has 0 aromatic heterocycles. The first-order chi connectivity index (χ1) is 2.83. The molecule has 0 aliphatic rings. The van der Waals surface area contributed by atoms with Gasteiger partial charge < -0.3 is 21.1 Å². The van der Waals surface area contributed by atoms with Crippen LogP contribution in [0.2, 0.25) is 0 Å². The van der Waals surface area contributed by atoms with Crippen LogP contribution in [0.5, 0.6) is 0 Å². The third kappa shape index (κ3) is 3.49. The fraction of sp³-hybridized carbons (Fsp3) is 0. The molecule has 0 aliphatic heterocycles. The van der Waals surface area contributed by atoms with E-state index in [0.717, 1.165) is 12.8 Å². The van der Waals surface area contributed by atoms with E-state index in [1.807, 2.05) is 0 Å². The summed E-state index contributed by atoms with van der Waals surface area (Å²) in [5, 5.41) is 0. The van der Waals surface area contributed by atoms with Crippen LogP contribution in [0.3, 0.4) is 0 Å². The number of hydrogen-bond donors (Lipinski definition) is 2. The SMILES string of the molecule is N[C-]=O.N[C-]=O.[Rf]. The summed E-state index contributed by atoms with van der Waals surface area (Å²) in [5.41, 5.74) is 8.08. The molecule has 0 heterocycles. The summed E-state index contributed by atoms with van der Waals surface area (Å²) >= 11 is 0. The second-order valence-corrected chi connectivity index (χ2v) is 0.236. The van der Waals surface area contributed by atoms with Crippen molar-refractivity contribution >= 4 is 12.8 Å². The van der Waals surface area contributed by atoms with E-state index in [2.05, 4.69) is 11.5 Å². The fourth-order valence-corrected chi connectivity index (χ4v) is 0. The standard InChI is InChI=1S/2CH2NO.Rf/c2*2-1-3;/h2*(H2,2,3);/q2*-1;. The molecular formula is C2H4N2O2Rf-2. The molecule has 0 fully saturated rings. The summed E-state index contributed by atoms with van der Waals surface area (Å²) in [5.74, 6) is 0. The second kappa shape index (κ2) is 9460. The average Bonchev–Trinajstić information content (AvgIpc) is 1.39. The predicted octanol–water partition coefficient (Wildman–Crippen LogP) is -1.98. The largest absolute Gasteiger partial charge is 0.543 e. The molecule has 0 rings (SSSR count). The van der Waals surface area contributed by atoms with Crippen LogP contribution in [0.1, 0.15) is 0 Å². The van der Waals surface area contributed by atoms with Crippen LogP contribution in [-0.2, 0) is 9.59 Å². The van der Waals surface area contributed by atoms with Gasteiger partial charge in [0.15, 0.2) is 0 Å². The van der Waals surface area contributed by atoms with Crippen LogP contribution in [0, 0.1) is 0 Å². The molecule has 0 bridgehead atoms. The van der Waals surface area contributed by atoms with E-state index in [1.54, 1.807) is 0 Å². The van der Waals surface area contributed by atoms with E-state index < -0.39 is 0 Å². The Balaban J connectivity index is -0.0000000400. The topological polar surface area (TPSA) is 86.2 Å². The molecule has 2 amide bonds. The molecule has 0 unspecified atom stereocenters. The molecule has 0 aromatic carbocycles. The summed E-state index contributed by atoms with van der Waals surface area (Å²) < 4.78 is 0. The average molecular weight is 355 g/mol. The van der Waals surface area contributed by atoms with Crippen molar-refractivity contribution in [3.05, 3.63) is 0 Å². The van der Waals surface area contributed by atoms with Crippen LogP contribution in [0.15, 0.2) is 0 Å². The van der Waals surface area contributed by atoms with Gasteiger partial charge in [-0.1, -0.05) is 0 Å². The number of nitrogens with two attached hydrogens (primary N) is 2. The van der Waals surface area contributed by atoms with Gasteiger partial charge in [0.1, 0.15) is 0 Å². The minimum atomic E-state index is 0. The van der Waals surface area contributed by atoms with Gasteiger partial charge in [0.2, 0.25) is 0 Å². The van der Waals surface area contributed by atoms with Gasteiger partial charge >= 0.3 is 0 Å². The Morgan fingerprint density at radius 1 is 1.00 bits per heavy atom. The molecule has 7 heavy (non-hydrogen) atoms. The summed E-state index contributed by atoms with van der Waals surface area (Å²) in [6.07, 6.45) is 2.00. The summed E-state index contributed by atoms with van der Waals surface area (Å²) in [7, 11) is 0. The third-order valence-corrected chi connectivity index (χ3v) is 0. The molecule has 0 spiro atoms. The first-order valence-electron chi connectivity index (χ1n) is 0.986. The Labute approximate surface area is 35.1 Å². The quantitative estimate of drug-likeness (QED) is 0.390. The monoisotopic (exact) mass is 355 g/mol. The molecule has 0 aliphatic carbocycles. The molecule has 0 radical (unpaired) electrons. The Hall–Kier alpha value is -2.06. The Bertz CT molecular complexity index is 34.7. The third-order valence-electron chi connectivity index (χ3n) is 0. The van der Waals surface area contributed by atoms with Gasteiger partial charge in [-0.15, -0.1) is 0 Å². The minimum Gasteiger partial charge on any atom is -0.543 e. The number of primary amides is 2. The number of carbonyl (C=O) groups excluding carboxylic acids is 2. The van der Waals surface area contributed by atoms with Gasteiger partial charge in [-0.25, -0.2) is 0 Å². The van der Waals surface area contributed by atoms with E-state index in [4.69, 9.17) is 9.59 Å². The molecule has 0 atom stereocenters. The molecule has 38 valence electrons. The molecule has 5 heteroatoms. The molecule has 0 saturated carbocycles. The molecule has 4 nitrogen and oxygen atoms in total. The van der Waals surface area contributed by atoms with Crippen molar-refractivity contribution in [2.75, 3.05) is 0 Å². The summed E-state index contributed by atoms with van der Waals surface area (Å²) in [6, 6.07) is 0. The van der Waals surface area contributed by atoms with Crippen LogP contribution < -0.4 is 11.5 Å². The van der Waals surface area contributed by atoms with Gasteiger partial charge in [0, 0.05) is 0 Å². The van der Waals surface area contributed by atoms with Crippen LogP contribution in [0.25, 0.3) is 0 Å². The van der Waals surface area contributed by atoms with Crippen LogP contribution >= 0.6 is 0 Å².